The summed E-state index contributed by atoms with van der Waals surface area (Å²) in [6.07, 6.45) is 3.79. The fourth-order valence-corrected chi connectivity index (χ4v) is 3.52. The largest absolute Gasteiger partial charge is 0.481 e. The lowest BCUT2D eigenvalue weighted by Crippen LogP contribution is -2.23. The molecule has 3 heterocycles. The molecule has 0 saturated heterocycles. The topological polar surface area (TPSA) is 74.6 Å². The minimum absolute atomic E-state index is 0.181. The van der Waals surface area contributed by atoms with Crippen molar-refractivity contribution in [3.05, 3.63) is 53.3 Å². The molecule has 0 radical (unpaired) electrons. The Morgan fingerprint density at radius 2 is 2.11 bits per heavy atom. The van der Waals surface area contributed by atoms with Gasteiger partial charge in [0.1, 0.15) is 17.2 Å². The fraction of sp³-hybridized carbons (Fsp3) is 0.200. The van der Waals surface area contributed by atoms with E-state index in [2.05, 4.69) is 22.1 Å². The highest BCUT2D eigenvalue weighted by Gasteiger charge is 2.15. The van der Waals surface area contributed by atoms with E-state index in [9.17, 15) is 4.79 Å². The third-order valence-corrected chi connectivity index (χ3v) is 5.10. The van der Waals surface area contributed by atoms with Crippen LogP contribution in [0, 0.1) is 18.8 Å². The Labute approximate surface area is 165 Å². The maximum atomic E-state index is 12.3. The van der Waals surface area contributed by atoms with Crippen LogP contribution in [0.15, 0.2) is 42.7 Å². The molecular weight excluding hydrogens is 378 g/mol. The smallest absolute Gasteiger partial charge is 0.264 e. The number of hydrogen-bond acceptors (Lipinski definition) is 6. The van der Waals surface area contributed by atoms with Crippen LogP contribution in [0.4, 0.5) is 0 Å². The molecule has 1 aliphatic heterocycles. The SMILES string of the molecule is Cc1nc(-n2cccc2)sc1C(=O)NCC#CCOc1ccc2c(c1)OCO2. The number of aryl methyl sites for hydroxylation is 1. The van der Waals surface area contributed by atoms with Crippen molar-refractivity contribution in [2.24, 2.45) is 0 Å². The zero-order chi connectivity index (χ0) is 19.3. The van der Waals surface area contributed by atoms with Gasteiger partial charge in [0, 0.05) is 18.5 Å². The highest BCUT2D eigenvalue weighted by molar-refractivity contribution is 7.16. The maximum Gasteiger partial charge on any atom is 0.264 e. The summed E-state index contributed by atoms with van der Waals surface area (Å²) < 4.78 is 18.0. The minimum Gasteiger partial charge on any atom is -0.481 e. The molecule has 8 heteroatoms. The molecule has 1 aliphatic rings. The number of ether oxygens (including phenoxy) is 3. The number of carbonyl (C=O) groups excluding carboxylic acids is 1. The van der Waals surface area contributed by atoms with Gasteiger partial charge in [-0.3, -0.25) is 4.79 Å². The average Bonchev–Trinajstić information content (AvgIpc) is 3.43. The Bertz CT molecular complexity index is 1050. The van der Waals surface area contributed by atoms with Crippen molar-refractivity contribution in [3.8, 4) is 34.2 Å². The number of rotatable bonds is 5. The first-order valence-electron chi connectivity index (χ1n) is 8.58. The van der Waals surface area contributed by atoms with Crippen molar-refractivity contribution in [1.82, 2.24) is 14.9 Å². The number of thiazole rings is 1. The van der Waals surface area contributed by atoms with E-state index in [-0.39, 0.29) is 25.9 Å². The second-order valence-electron chi connectivity index (χ2n) is 5.84. The van der Waals surface area contributed by atoms with Crippen molar-refractivity contribution in [2.45, 2.75) is 6.92 Å². The van der Waals surface area contributed by atoms with Crippen LogP contribution in [-0.2, 0) is 0 Å². The van der Waals surface area contributed by atoms with E-state index < -0.39 is 0 Å². The van der Waals surface area contributed by atoms with Crippen molar-refractivity contribution in [1.29, 1.82) is 0 Å². The van der Waals surface area contributed by atoms with Gasteiger partial charge in [0.05, 0.1) is 12.2 Å². The molecule has 0 atom stereocenters. The number of hydrogen-bond donors (Lipinski definition) is 1. The molecule has 0 bridgehead atoms. The average molecular weight is 395 g/mol. The zero-order valence-corrected chi connectivity index (χ0v) is 15.9. The predicted molar refractivity (Wildman–Crippen MR) is 104 cm³/mol. The molecule has 28 heavy (non-hydrogen) atoms. The Hall–Kier alpha value is -3.44. The van der Waals surface area contributed by atoms with Crippen LogP contribution in [0.3, 0.4) is 0 Å². The molecule has 0 aliphatic carbocycles. The summed E-state index contributed by atoms with van der Waals surface area (Å²) in [5.41, 5.74) is 0.699. The molecule has 0 fully saturated rings. The standard InChI is InChI=1S/C20H17N3O4S/c1-14-18(28-20(22-14)23-9-3-4-10-23)19(24)21-8-2-5-11-25-15-6-7-16-17(12-15)27-13-26-16/h3-4,6-7,9-10,12H,8,11,13H2,1H3,(H,21,24). The van der Waals surface area contributed by atoms with Gasteiger partial charge < -0.3 is 24.1 Å². The van der Waals surface area contributed by atoms with Crippen molar-refractivity contribution >= 4 is 17.2 Å². The molecule has 1 aromatic carbocycles. The van der Waals surface area contributed by atoms with Crippen LogP contribution in [0.5, 0.6) is 17.2 Å². The second kappa shape index (κ2) is 8.06. The van der Waals surface area contributed by atoms with Crippen LogP contribution in [0.1, 0.15) is 15.4 Å². The molecule has 0 spiro atoms. The third-order valence-electron chi connectivity index (χ3n) is 3.93. The fourth-order valence-electron chi connectivity index (χ4n) is 2.57. The Morgan fingerprint density at radius 1 is 1.29 bits per heavy atom. The molecule has 3 aromatic rings. The summed E-state index contributed by atoms with van der Waals surface area (Å²) in [7, 11) is 0. The van der Waals surface area contributed by atoms with Gasteiger partial charge in [0.25, 0.3) is 5.91 Å². The van der Waals surface area contributed by atoms with Gasteiger partial charge in [-0.15, -0.1) is 0 Å². The molecule has 2 aromatic heterocycles. The lowest BCUT2D eigenvalue weighted by molar-refractivity contribution is 0.0962. The number of carbonyl (C=O) groups is 1. The van der Waals surface area contributed by atoms with E-state index in [4.69, 9.17) is 14.2 Å². The summed E-state index contributed by atoms with van der Waals surface area (Å²) in [6.45, 7) is 2.50. The Morgan fingerprint density at radius 3 is 2.96 bits per heavy atom. The normalized spacial score (nSPS) is 11.6. The molecule has 4 rings (SSSR count). The molecule has 1 amide bonds. The van der Waals surface area contributed by atoms with Gasteiger partial charge in [0.15, 0.2) is 16.6 Å². The number of nitrogens with one attached hydrogen (secondary N) is 1. The lowest BCUT2D eigenvalue weighted by atomic mass is 10.3. The van der Waals surface area contributed by atoms with E-state index in [1.165, 1.54) is 11.3 Å². The summed E-state index contributed by atoms with van der Waals surface area (Å²) in [4.78, 5) is 17.4. The van der Waals surface area contributed by atoms with Crippen molar-refractivity contribution in [3.63, 3.8) is 0 Å². The van der Waals surface area contributed by atoms with Crippen LogP contribution in [-0.4, -0.2) is 35.4 Å². The van der Waals surface area contributed by atoms with E-state index in [0.29, 0.717) is 27.8 Å². The van der Waals surface area contributed by atoms with Gasteiger partial charge >= 0.3 is 0 Å². The van der Waals surface area contributed by atoms with E-state index in [0.717, 1.165) is 5.13 Å². The number of aromatic nitrogens is 2. The highest BCUT2D eigenvalue weighted by atomic mass is 32.1. The lowest BCUT2D eigenvalue weighted by Gasteiger charge is -2.03. The third kappa shape index (κ3) is 3.94. The summed E-state index contributed by atoms with van der Waals surface area (Å²) in [5, 5.41) is 3.55. The van der Waals surface area contributed by atoms with Crippen LogP contribution >= 0.6 is 11.3 Å². The van der Waals surface area contributed by atoms with E-state index >= 15 is 0 Å². The molecular formula is C20H17N3O4S. The van der Waals surface area contributed by atoms with Gasteiger partial charge in [-0.25, -0.2) is 4.98 Å². The highest BCUT2D eigenvalue weighted by Crippen LogP contribution is 2.34. The quantitative estimate of drug-likeness (QED) is 0.673. The summed E-state index contributed by atoms with van der Waals surface area (Å²) in [6, 6.07) is 9.19. The van der Waals surface area contributed by atoms with Gasteiger partial charge in [0.2, 0.25) is 6.79 Å². The molecule has 0 saturated carbocycles. The van der Waals surface area contributed by atoms with Crippen LogP contribution in [0.2, 0.25) is 0 Å². The predicted octanol–water partition coefficient (Wildman–Crippen LogP) is 2.78. The van der Waals surface area contributed by atoms with Crippen LogP contribution in [0.25, 0.3) is 5.13 Å². The van der Waals surface area contributed by atoms with Crippen LogP contribution < -0.4 is 19.5 Å². The Kier molecular flexibility index (Phi) is 5.17. The Balaban J connectivity index is 1.26. The van der Waals surface area contributed by atoms with Crippen molar-refractivity contribution < 1.29 is 19.0 Å². The first kappa shape index (κ1) is 17.9. The number of nitrogens with zero attached hydrogens (tertiary/aromatic N) is 2. The summed E-state index contributed by atoms with van der Waals surface area (Å²) in [5.74, 6) is 7.60. The molecule has 0 unspecified atom stereocenters. The number of fused-ring (bicyclic) bond motifs is 1. The van der Waals surface area contributed by atoms with E-state index in [1.54, 1.807) is 18.2 Å². The zero-order valence-electron chi connectivity index (χ0n) is 15.1. The van der Waals surface area contributed by atoms with Gasteiger partial charge in [-0.1, -0.05) is 23.2 Å². The number of benzene rings is 1. The second-order valence-corrected chi connectivity index (χ2v) is 6.82. The molecule has 7 nitrogen and oxygen atoms in total. The van der Waals surface area contributed by atoms with Gasteiger partial charge in [-0.05, 0) is 31.2 Å². The molecule has 1 N–H and O–H groups in total. The first-order chi connectivity index (χ1) is 13.7. The minimum atomic E-state index is -0.181. The summed E-state index contributed by atoms with van der Waals surface area (Å²) >= 11 is 1.35. The van der Waals surface area contributed by atoms with E-state index in [1.807, 2.05) is 36.0 Å². The first-order valence-corrected chi connectivity index (χ1v) is 9.39. The van der Waals surface area contributed by atoms with Gasteiger partial charge in [-0.2, -0.15) is 0 Å². The number of amides is 1. The van der Waals surface area contributed by atoms with Crippen molar-refractivity contribution in [2.75, 3.05) is 19.9 Å². The molecule has 142 valence electrons. The monoisotopic (exact) mass is 395 g/mol. The maximum absolute atomic E-state index is 12.3.